The lowest BCUT2D eigenvalue weighted by atomic mass is 9.97. The number of amides is 2. The summed E-state index contributed by atoms with van der Waals surface area (Å²) in [5.74, 6) is 0.640. The van der Waals surface area contributed by atoms with Crippen LogP contribution in [0.2, 0.25) is 0 Å². The van der Waals surface area contributed by atoms with Crippen LogP contribution in [0, 0.1) is 0 Å². The van der Waals surface area contributed by atoms with Crippen molar-refractivity contribution in [2.24, 2.45) is 0 Å². The highest BCUT2D eigenvalue weighted by molar-refractivity contribution is 7.10. The van der Waals surface area contributed by atoms with Gasteiger partial charge in [0, 0.05) is 54.4 Å². The number of hydrogen-bond acceptors (Lipinski definition) is 10. The summed E-state index contributed by atoms with van der Waals surface area (Å²) < 4.78 is 20.7. The number of fused-ring (bicyclic) bond motifs is 1. The molecule has 4 heterocycles. The van der Waals surface area contributed by atoms with E-state index < -0.39 is 11.9 Å². The quantitative estimate of drug-likeness (QED) is 0.363. The summed E-state index contributed by atoms with van der Waals surface area (Å²) in [6.07, 6.45) is 4.02. The van der Waals surface area contributed by atoms with Gasteiger partial charge < -0.3 is 29.0 Å². The molecule has 2 aliphatic heterocycles. The van der Waals surface area contributed by atoms with Crippen LogP contribution in [0.25, 0.3) is 11.5 Å². The van der Waals surface area contributed by atoms with Crippen LogP contribution in [-0.2, 0) is 14.3 Å². The fraction of sp³-hybridized carbons (Fsp3) is 0.320. The molecule has 0 unspecified atom stereocenters. The molecule has 2 aromatic heterocycles. The number of carbonyl (C=O) groups is 3. The number of hydrogen-bond donors (Lipinski definition) is 1. The van der Waals surface area contributed by atoms with Crippen molar-refractivity contribution in [1.29, 1.82) is 0 Å². The summed E-state index contributed by atoms with van der Waals surface area (Å²) in [4.78, 5) is 43.0. The Kier molecular flexibility index (Phi) is 7.17. The van der Waals surface area contributed by atoms with Crippen LogP contribution in [0.15, 0.2) is 46.3 Å². The maximum Gasteiger partial charge on any atom is 0.360 e. The van der Waals surface area contributed by atoms with Crippen LogP contribution in [0.4, 0.5) is 5.69 Å². The number of anilines is 1. The average Bonchev–Trinajstić information content (AvgIpc) is 3.68. The van der Waals surface area contributed by atoms with Gasteiger partial charge in [0.05, 0.1) is 11.6 Å². The Bertz CT molecular complexity index is 1340. The topological polar surface area (TPSA) is 133 Å². The fourth-order valence-corrected chi connectivity index (χ4v) is 5.02. The normalized spacial score (nSPS) is 15.2. The predicted octanol–water partition coefficient (Wildman–Crippen LogP) is 3.60. The molecule has 5 rings (SSSR count). The summed E-state index contributed by atoms with van der Waals surface area (Å²) >= 11 is 1.51. The van der Waals surface area contributed by atoms with Gasteiger partial charge in [-0.15, -0.1) is 11.3 Å². The highest BCUT2D eigenvalue weighted by Gasteiger charge is 2.26. The lowest BCUT2D eigenvalue weighted by Gasteiger charge is -2.30. The van der Waals surface area contributed by atoms with E-state index in [0.29, 0.717) is 41.7 Å². The van der Waals surface area contributed by atoms with Crippen molar-refractivity contribution < 1.29 is 33.1 Å². The van der Waals surface area contributed by atoms with Gasteiger partial charge in [0.2, 0.25) is 18.6 Å². The minimum absolute atomic E-state index is 0.107. The van der Waals surface area contributed by atoms with Crippen molar-refractivity contribution >= 4 is 34.8 Å². The number of thiazole rings is 1. The van der Waals surface area contributed by atoms with E-state index in [4.69, 9.17) is 18.7 Å². The first kappa shape index (κ1) is 24.5. The molecule has 2 amide bonds. The summed E-state index contributed by atoms with van der Waals surface area (Å²) in [5, 5.41) is 9.27. The first-order valence-corrected chi connectivity index (χ1v) is 12.7. The zero-order valence-electron chi connectivity index (χ0n) is 20.0. The van der Waals surface area contributed by atoms with E-state index in [-0.39, 0.29) is 30.9 Å². The predicted molar refractivity (Wildman–Crippen MR) is 132 cm³/mol. The van der Waals surface area contributed by atoms with Crippen LogP contribution in [0.3, 0.4) is 0 Å². The SMILES string of the molecule is CCOC(=O)c1cc(-c2csc(C3CCN(C(=O)/C=C/C(=O)Nc4ccc5c(c4)OCO5)CC3)n2)on1. The van der Waals surface area contributed by atoms with Gasteiger partial charge >= 0.3 is 5.97 Å². The number of rotatable bonds is 7. The standard InChI is InChI=1S/C25H24N4O7S/c1-2-33-25(32)17-12-20(36-28-17)18-13-37-24(27-18)15-7-9-29(10-8-15)23(31)6-5-22(30)26-16-3-4-19-21(11-16)35-14-34-19/h3-6,11-13,15H,2,7-10,14H2,1H3,(H,26,30)/b6-5+. The van der Waals surface area contributed by atoms with E-state index >= 15 is 0 Å². The van der Waals surface area contributed by atoms with E-state index in [2.05, 4.69) is 15.5 Å². The van der Waals surface area contributed by atoms with Crippen molar-refractivity contribution in [3.8, 4) is 23.0 Å². The molecule has 1 aromatic carbocycles. The molecule has 12 heteroatoms. The Hall–Kier alpha value is -4.19. The molecule has 192 valence electrons. The third-order valence-corrected chi connectivity index (χ3v) is 6.95. The van der Waals surface area contributed by atoms with Crippen LogP contribution in [0.1, 0.15) is 41.2 Å². The number of aromatic nitrogens is 2. The third kappa shape index (κ3) is 5.64. The van der Waals surface area contributed by atoms with Crippen molar-refractivity contribution in [3.05, 3.63) is 52.5 Å². The fourth-order valence-electron chi connectivity index (χ4n) is 4.04. The number of ether oxygens (including phenoxy) is 3. The zero-order valence-corrected chi connectivity index (χ0v) is 20.8. The van der Waals surface area contributed by atoms with Crippen molar-refractivity contribution in [1.82, 2.24) is 15.0 Å². The molecule has 0 atom stereocenters. The van der Waals surface area contributed by atoms with E-state index in [1.54, 1.807) is 30.0 Å². The van der Waals surface area contributed by atoms with Crippen molar-refractivity contribution in [2.75, 3.05) is 31.8 Å². The molecule has 1 N–H and O–H groups in total. The van der Waals surface area contributed by atoms with E-state index in [1.165, 1.54) is 29.6 Å². The van der Waals surface area contributed by atoms with Crippen molar-refractivity contribution in [2.45, 2.75) is 25.7 Å². The third-order valence-electron chi connectivity index (χ3n) is 5.94. The van der Waals surface area contributed by atoms with Gasteiger partial charge in [-0.25, -0.2) is 9.78 Å². The van der Waals surface area contributed by atoms with Gasteiger partial charge in [-0.05, 0) is 31.9 Å². The molecule has 1 fully saturated rings. The molecular weight excluding hydrogens is 500 g/mol. The summed E-state index contributed by atoms with van der Waals surface area (Å²) in [6, 6.07) is 6.62. The molecule has 1 saturated heterocycles. The number of benzene rings is 1. The number of likely N-dealkylation sites (tertiary alicyclic amines) is 1. The second-order valence-electron chi connectivity index (χ2n) is 8.36. The van der Waals surface area contributed by atoms with E-state index in [9.17, 15) is 14.4 Å². The average molecular weight is 525 g/mol. The molecule has 0 saturated carbocycles. The molecule has 37 heavy (non-hydrogen) atoms. The molecule has 0 aliphatic carbocycles. The smallest absolute Gasteiger partial charge is 0.360 e. The maximum absolute atomic E-state index is 12.6. The summed E-state index contributed by atoms with van der Waals surface area (Å²) in [5.41, 5.74) is 1.27. The van der Waals surface area contributed by atoms with Gasteiger partial charge in [-0.1, -0.05) is 5.16 Å². The number of piperidine rings is 1. The molecule has 0 radical (unpaired) electrons. The minimum atomic E-state index is -0.538. The number of nitrogens with zero attached hydrogens (tertiary/aromatic N) is 3. The van der Waals surface area contributed by atoms with Crippen molar-refractivity contribution in [3.63, 3.8) is 0 Å². The Labute approximate surface area is 216 Å². The van der Waals surface area contributed by atoms with Crippen LogP contribution in [-0.4, -0.2) is 59.3 Å². The second kappa shape index (κ2) is 10.8. The van der Waals surface area contributed by atoms with Crippen LogP contribution < -0.4 is 14.8 Å². The Morgan fingerprint density at radius 2 is 1.97 bits per heavy atom. The van der Waals surface area contributed by atoms with E-state index in [1.807, 2.05) is 5.38 Å². The van der Waals surface area contributed by atoms with Gasteiger partial charge in [0.25, 0.3) is 0 Å². The van der Waals surface area contributed by atoms with Crippen LogP contribution in [0.5, 0.6) is 11.5 Å². The lowest BCUT2D eigenvalue weighted by Crippen LogP contribution is -2.37. The van der Waals surface area contributed by atoms with E-state index in [0.717, 1.165) is 17.8 Å². The lowest BCUT2D eigenvalue weighted by molar-refractivity contribution is -0.127. The monoisotopic (exact) mass is 524 g/mol. The zero-order chi connectivity index (χ0) is 25.8. The van der Waals surface area contributed by atoms with Gasteiger partial charge in [0.15, 0.2) is 23.0 Å². The number of carbonyl (C=O) groups excluding carboxylic acids is 3. The first-order valence-electron chi connectivity index (χ1n) is 11.8. The van der Waals surface area contributed by atoms with Gasteiger partial charge in [-0.2, -0.15) is 0 Å². The summed E-state index contributed by atoms with van der Waals surface area (Å²) in [6.45, 7) is 3.25. The Morgan fingerprint density at radius 3 is 2.78 bits per heavy atom. The number of esters is 1. The molecule has 11 nitrogen and oxygen atoms in total. The second-order valence-corrected chi connectivity index (χ2v) is 9.25. The van der Waals surface area contributed by atoms with Crippen LogP contribution >= 0.6 is 11.3 Å². The highest BCUT2D eigenvalue weighted by Crippen LogP contribution is 2.35. The molecule has 0 spiro atoms. The highest BCUT2D eigenvalue weighted by atomic mass is 32.1. The molecule has 2 aliphatic rings. The van der Waals surface area contributed by atoms with Gasteiger partial charge in [0.1, 0.15) is 5.69 Å². The largest absolute Gasteiger partial charge is 0.461 e. The first-order chi connectivity index (χ1) is 18.0. The maximum atomic E-state index is 12.6. The van der Waals surface area contributed by atoms with Gasteiger partial charge in [-0.3, -0.25) is 9.59 Å². The molecular formula is C25H24N4O7S. The number of nitrogens with one attached hydrogen (secondary N) is 1. The molecule has 3 aromatic rings. The Morgan fingerprint density at radius 1 is 1.16 bits per heavy atom. The Balaban J connectivity index is 1.11. The molecule has 0 bridgehead atoms. The minimum Gasteiger partial charge on any atom is -0.461 e. The summed E-state index contributed by atoms with van der Waals surface area (Å²) in [7, 11) is 0.